The van der Waals surface area contributed by atoms with Gasteiger partial charge in [0.1, 0.15) is 11.3 Å². The molecule has 0 unspecified atom stereocenters. The van der Waals surface area contributed by atoms with E-state index in [4.69, 9.17) is 4.74 Å². The van der Waals surface area contributed by atoms with Crippen molar-refractivity contribution in [2.24, 2.45) is 0 Å². The predicted octanol–water partition coefficient (Wildman–Crippen LogP) is 5.85. The average Bonchev–Trinajstić information content (AvgIpc) is 2.86. The fourth-order valence-corrected chi connectivity index (χ4v) is 5.10. The molecule has 0 fully saturated rings. The number of nitrogens with one attached hydrogen (secondary N) is 1. The zero-order valence-corrected chi connectivity index (χ0v) is 22.3. The van der Waals surface area contributed by atoms with Gasteiger partial charge in [-0.1, -0.05) is 48.9 Å². The second-order valence-corrected chi connectivity index (χ2v) is 10.6. The van der Waals surface area contributed by atoms with Gasteiger partial charge in [0.05, 0.1) is 5.69 Å². The summed E-state index contributed by atoms with van der Waals surface area (Å²) in [4.78, 5) is 22.0. The van der Waals surface area contributed by atoms with Crippen molar-refractivity contribution in [2.75, 3.05) is 0 Å². The molecule has 4 aromatic rings. The molecule has 7 nitrogen and oxygen atoms in total. The van der Waals surface area contributed by atoms with E-state index in [0.717, 1.165) is 34.2 Å². The summed E-state index contributed by atoms with van der Waals surface area (Å²) in [6.45, 7) is 9.57. The second-order valence-electron chi connectivity index (χ2n) is 8.98. The highest BCUT2D eigenvalue weighted by Crippen LogP contribution is 2.33. The van der Waals surface area contributed by atoms with E-state index in [2.05, 4.69) is 21.6 Å². The number of aromatic nitrogens is 2. The molecular formula is C29H29N3O4S. The van der Waals surface area contributed by atoms with Gasteiger partial charge in [-0.15, -0.1) is 0 Å². The van der Waals surface area contributed by atoms with Gasteiger partial charge in [-0.25, -0.2) is 14.7 Å². The Morgan fingerprint density at radius 1 is 0.892 bits per heavy atom. The van der Waals surface area contributed by atoms with Crippen LogP contribution in [0, 0.1) is 27.7 Å². The van der Waals surface area contributed by atoms with Gasteiger partial charge in [0.25, 0.3) is 15.9 Å². The van der Waals surface area contributed by atoms with Gasteiger partial charge in [-0.05, 0) is 81.1 Å². The fourth-order valence-electron chi connectivity index (χ4n) is 4.12. The summed E-state index contributed by atoms with van der Waals surface area (Å²) in [6.07, 6.45) is 0.865. The zero-order chi connectivity index (χ0) is 26.7. The van der Waals surface area contributed by atoms with Gasteiger partial charge >= 0.3 is 0 Å². The lowest BCUT2D eigenvalue weighted by Gasteiger charge is -2.16. The molecule has 0 aliphatic heterocycles. The summed E-state index contributed by atoms with van der Waals surface area (Å²) in [6, 6.07) is 19.7. The Morgan fingerprint density at radius 2 is 1.59 bits per heavy atom. The van der Waals surface area contributed by atoms with Crippen LogP contribution in [0.2, 0.25) is 0 Å². The summed E-state index contributed by atoms with van der Waals surface area (Å²) < 4.78 is 34.1. The molecule has 0 saturated carbocycles. The topological polar surface area (TPSA) is 98.2 Å². The number of carbonyl (C=O) groups is 1. The van der Waals surface area contributed by atoms with Gasteiger partial charge in [0.2, 0.25) is 5.88 Å². The highest BCUT2D eigenvalue weighted by atomic mass is 32.2. The van der Waals surface area contributed by atoms with Crippen LogP contribution in [-0.4, -0.2) is 24.3 Å². The van der Waals surface area contributed by atoms with Gasteiger partial charge in [-0.2, -0.15) is 8.42 Å². The van der Waals surface area contributed by atoms with Crippen molar-refractivity contribution in [3.05, 3.63) is 100 Å². The molecule has 0 spiro atoms. The van der Waals surface area contributed by atoms with Crippen molar-refractivity contribution in [1.82, 2.24) is 14.7 Å². The number of rotatable bonds is 7. The van der Waals surface area contributed by atoms with Crippen molar-refractivity contribution in [2.45, 2.75) is 46.1 Å². The van der Waals surface area contributed by atoms with Gasteiger partial charge in [0, 0.05) is 11.3 Å². The Morgan fingerprint density at radius 3 is 2.27 bits per heavy atom. The number of aryl methyl sites for hydroxylation is 5. The molecule has 0 aliphatic rings. The van der Waals surface area contributed by atoms with Gasteiger partial charge in [-0.3, -0.25) is 4.79 Å². The molecule has 37 heavy (non-hydrogen) atoms. The number of nitrogens with zero attached hydrogens (tertiary/aromatic N) is 2. The average molecular weight is 516 g/mol. The number of carbonyl (C=O) groups excluding carboxylic acids is 1. The van der Waals surface area contributed by atoms with Crippen LogP contribution in [0.15, 0.2) is 71.8 Å². The summed E-state index contributed by atoms with van der Waals surface area (Å²) in [5.74, 6) is -0.281. The van der Waals surface area contributed by atoms with Crippen LogP contribution < -0.4 is 9.46 Å². The van der Waals surface area contributed by atoms with Crippen molar-refractivity contribution in [3.8, 4) is 22.9 Å². The first-order valence-corrected chi connectivity index (χ1v) is 13.4. The van der Waals surface area contributed by atoms with E-state index < -0.39 is 15.9 Å². The minimum Gasteiger partial charge on any atom is -0.438 e. The molecular weight excluding hydrogens is 486 g/mol. The molecule has 0 saturated heterocycles. The lowest BCUT2D eigenvalue weighted by molar-refractivity contribution is 0.0978. The molecule has 2 aromatic carbocycles. The molecule has 1 N–H and O–H groups in total. The SMILES string of the molecule is CCc1cccc(-c2ccc(C(=O)NS(=O)(=O)c3cccc(C)n3)c(Oc3c(C)cc(C)cc3C)n2)c1. The summed E-state index contributed by atoms with van der Waals surface area (Å²) >= 11 is 0. The number of ether oxygens (including phenoxy) is 1. The quantitative estimate of drug-likeness (QED) is 0.331. The zero-order valence-electron chi connectivity index (χ0n) is 21.5. The van der Waals surface area contributed by atoms with E-state index >= 15 is 0 Å². The third-order valence-corrected chi connectivity index (χ3v) is 7.14. The van der Waals surface area contributed by atoms with Crippen molar-refractivity contribution in [1.29, 1.82) is 0 Å². The number of hydrogen-bond acceptors (Lipinski definition) is 6. The number of benzene rings is 2. The molecule has 4 rings (SSSR count). The van der Waals surface area contributed by atoms with Crippen molar-refractivity contribution in [3.63, 3.8) is 0 Å². The maximum Gasteiger partial charge on any atom is 0.281 e. The molecule has 0 radical (unpaired) electrons. The largest absolute Gasteiger partial charge is 0.438 e. The predicted molar refractivity (Wildman–Crippen MR) is 143 cm³/mol. The normalized spacial score (nSPS) is 11.3. The van der Waals surface area contributed by atoms with Crippen LogP contribution >= 0.6 is 0 Å². The molecule has 2 heterocycles. The molecule has 1 amide bonds. The molecule has 190 valence electrons. The van der Waals surface area contributed by atoms with Crippen LogP contribution in [-0.2, 0) is 16.4 Å². The van der Waals surface area contributed by atoms with Crippen LogP contribution in [0.3, 0.4) is 0 Å². The Labute approximate surface area is 217 Å². The first-order chi connectivity index (χ1) is 17.6. The maximum atomic E-state index is 13.3. The number of hydrogen-bond donors (Lipinski definition) is 1. The number of sulfonamides is 1. The van der Waals surface area contributed by atoms with Crippen LogP contribution in [0.5, 0.6) is 11.6 Å². The van der Waals surface area contributed by atoms with E-state index in [1.54, 1.807) is 25.1 Å². The smallest absolute Gasteiger partial charge is 0.281 e. The van der Waals surface area contributed by atoms with Gasteiger partial charge in [0.15, 0.2) is 5.03 Å². The van der Waals surface area contributed by atoms with E-state index in [-0.39, 0.29) is 16.5 Å². The second kappa shape index (κ2) is 10.5. The highest BCUT2D eigenvalue weighted by Gasteiger charge is 2.24. The van der Waals surface area contributed by atoms with Crippen LogP contribution in [0.25, 0.3) is 11.3 Å². The van der Waals surface area contributed by atoms with Gasteiger partial charge < -0.3 is 4.74 Å². The van der Waals surface area contributed by atoms with E-state index in [1.165, 1.54) is 12.1 Å². The van der Waals surface area contributed by atoms with Crippen LogP contribution in [0.4, 0.5) is 0 Å². The van der Waals surface area contributed by atoms with Crippen molar-refractivity contribution >= 4 is 15.9 Å². The van der Waals surface area contributed by atoms with Crippen molar-refractivity contribution < 1.29 is 17.9 Å². The monoisotopic (exact) mass is 515 g/mol. The summed E-state index contributed by atoms with van der Waals surface area (Å²) in [7, 11) is -4.21. The number of amides is 1. The van der Waals surface area contributed by atoms with E-state index in [0.29, 0.717) is 17.1 Å². The Balaban J connectivity index is 1.78. The Kier molecular flexibility index (Phi) is 7.40. The van der Waals surface area contributed by atoms with E-state index in [1.807, 2.05) is 57.2 Å². The minimum absolute atomic E-state index is 0.00833. The molecule has 0 atom stereocenters. The first-order valence-electron chi connectivity index (χ1n) is 11.9. The highest BCUT2D eigenvalue weighted by molar-refractivity contribution is 7.90. The third kappa shape index (κ3) is 5.86. The molecule has 8 heteroatoms. The molecule has 0 bridgehead atoms. The summed E-state index contributed by atoms with van der Waals surface area (Å²) in [5, 5.41) is -0.241. The lowest BCUT2D eigenvalue weighted by Crippen LogP contribution is -2.31. The first kappa shape index (κ1) is 26.0. The standard InChI is InChI=1S/C29H29N3O4S/c1-6-22-10-8-11-23(17-22)25-14-13-24(28(33)32-37(34,35)26-12-7-9-21(5)30-26)29(31-25)36-27-19(3)15-18(2)16-20(27)4/h7-17H,6H2,1-5H3,(H,32,33). The minimum atomic E-state index is -4.21. The molecule has 2 aromatic heterocycles. The Bertz CT molecular complexity index is 1570. The lowest BCUT2D eigenvalue weighted by atomic mass is 10.1. The third-order valence-electron chi connectivity index (χ3n) is 5.90. The van der Waals surface area contributed by atoms with Crippen LogP contribution in [0.1, 0.15) is 45.2 Å². The van der Waals surface area contributed by atoms with E-state index in [9.17, 15) is 13.2 Å². The fraction of sp³-hybridized carbons (Fsp3) is 0.207. The maximum absolute atomic E-state index is 13.3. The molecule has 0 aliphatic carbocycles. The number of pyridine rings is 2. The Hall–Kier alpha value is -4.04. The summed E-state index contributed by atoms with van der Waals surface area (Å²) in [5.41, 5.74) is 5.95.